The van der Waals surface area contributed by atoms with Gasteiger partial charge >= 0.3 is 5.97 Å². The molecule has 1 rings (SSSR count). The smallest absolute Gasteiger partial charge is 0.325 e. The van der Waals surface area contributed by atoms with Crippen LogP contribution in [0.15, 0.2) is 29.4 Å². The molecule has 0 aliphatic rings. The van der Waals surface area contributed by atoms with Crippen LogP contribution in [-0.4, -0.2) is 24.2 Å². The van der Waals surface area contributed by atoms with E-state index < -0.39 is 12.0 Å². The second-order valence-electron chi connectivity index (χ2n) is 3.58. The normalized spacial score (nSPS) is 11.6. The van der Waals surface area contributed by atoms with E-state index in [-0.39, 0.29) is 0 Å². The maximum absolute atomic E-state index is 11.1. The van der Waals surface area contributed by atoms with Crippen LogP contribution in [0.25, 0.3) is 10.4 Å². The van der Waals surface area contributed by atoms with Crippen LogP contribution in [0.2, 0.25) is 5.02 Å². The fourth-order valence-corrected chi connectivity index (χ4v) is 1.57. The fraction of sp³-hybridized carbons (Fsp3) is 0.364. The molecule has 0 bridgehead atoms. The Kier molecular flexibility index (Phi) is 6.00. The lowest BCUT2D eigenvalue weighted by atomic mass is 10.1. The summed E-state index contributed by atoms with van der Waals surface area (Å²) in [5.41, 5.74) is 8.73. The van der Waals surface area contributed by atoms with Crippen molar-refractivity contribution in [1.29, 1.82) is 0 Å². The van der Waals surface area contributed by atoms with Crippen molar-refractivity contribution >= 4 is 17.6 Å². The summed E-state index contributed by atoms with van der Waals surface area (Å²) in [6.45, 7) is 0.801. The van der Waals surface area contributed by atoms with Crippen molar-refractivity contribution in [3.63, 3.8) is 0 Å². The van der Waals surface area contributed by atoms with Gasteiger partial charge in [0.05, 0.1) is 0 Å². The number of carboxylic acids is 1. The first-order valence-electron chi connectivity index (χ1n) is 5.37. The van der Waals surface area contributed by atoms with Gasteiger partial charge in [0.25, 0.3) is 0 Å². The number of aliphatic carboxylic acids is 1. The maximum atomic E-state index is 11.1. The molecule has 1 unspecified atom stereocenters. The van der Waals surface area contributed by atoms with Gasteiger partial charge in [0, 0.05) is 16.5 Å². The fourth-order valence-electron chi connectivity index (χ4n) is 1.44. The summed E-state index contributed by atoms with van der Waals surface area (Å²) in [6, 6.07) is 5.85. The number of hydrogen-bond donors (Lipinski definition) is 2. The van der Waals surface area contributed by atoms with E-state index in [9.17, 15) is 4.79 Å². The molecule has 0 aliphatic heterocycles. The number of nitrogens with zero attached hydrogens (tertiary/aromatic N) is 3. The van der Waals surface area contributed by atoms with Crippen molar-refractivity contribution in [2.75, 3.05) is 13.1 Å². The van der Waals surface area contributed by atoms with Gasteiger partial charge < -0.3 is 10.4 Å². The largest absolute Gasteiger partial charge is 0.480 e. The number of rotatable bonds is 7. The van der Waals surface area contributed by atoms with Gasteiger partial charge in [-0.05, 0) is 36.2 Å². The molecule has 7 heteroatoms. The van der Waals surface area contributed by atoms with Crippen molar-refractivity contribution < 1.29 is 9.90 Å². The van der Waals surface area contributed by atoms with Crippen LogP contribution >= 0.6 is 11.6 Å². The van der Waals surface area contributed by atoms with Crippen molar-refractivity contribution in [1.82, 2.24) is 5.32 Å². The number of nitrogens with one attached hydrogen (secondary N) is 1. The molecule has 1 atom stereocenters. The Balaban J connectivity index is 2.57. The molecular weight excluding hydrogens is 256 g/mol. The molecule has 0 aliphatic carbocycles. The minimum atomic E-state index is -0.957. The summed E-state index contributed by atoms with van der Waals surface area (Å²) in [4.78, 5) is 13.7. The van der Waals surface area contributed by atoms with Crippen LogP contribution in [0.4, 0.5) is 0 Å². The Bertz CT molecular complexity index is 443. The number of carboxylic acid groups (broad SMARTS) is 1. The monoisotopic (exact) mass is 268 g/mol. The zero-order valence-electron chi connectivity index (χ0n) is 9.58. The predicted octanol–water partition coefficient (Wildman–Crippen LogP) is 2.76. The summed E-state index contributed by atoms with van der Waals surface area (Å²) >= 11 is 5.74. The van der Waals surface area contributed by atoms with Crippen molar-refractivity contribution in [2.24, 2.45) is 5.11 Å². The third-order valence-corrected chi connectivity index (χ3v) is 2.55. The maximum Gasteiger partial charge on any atom is 0.325 e. The molecular formula is C11H13ClN4O2. The average Bonchev–Trinajstić information content (AvgIpc) is 2.35. The molecule has 0 heterocycles. The number of hydrogen-bond acceptors (Lipinski definition) is 3. The molecule has 0 saturated heterocycles. The minimum absolute atomic E-state index is 0.344. The topological polar surface area (TPSA) is 98.1 Å². The highest BCUT2D eigenvalue weighted by molar-refractivity contribution is 6.30. The molecule has 0 saturated carbocycles. The van der Waals surface area contributed by atoms with Gasteiger partial charge in [0.2, 0.25) is 0 Å². The van der Waals surface area contributed by atoms with Crippen molar-refractivity contribution in [2.45, 2.75) is 12.5 Å². The highest BCUT2D eigenvalue weighted by atomic mass is 35.5. The lowest BCUT2D eigenvalue weighted by molar-refractivity contribution is -0.139. The number of benzene rings is 1. The number of azide groups is 1. The second-order valence-corrected chi connectivity index (χ2v) is 4.02. The van der Waals surface area contributed by atoms with E-state index in [2.05, 4.69) is 15.3 Å². The van der Waals surface area contributed by atoms with Gasteiger partial charge in [-0.2, -0.15) is 0 Å². The molecule has 6 nitrogen and oxygen atoms in total. The van der Waals surface area contributed by atoms with E-state index in [1.54, 1.807) is 24.3 Å². The van der Waals surface area contributed by atoms with Gasteiger partial charge in [-0.3, -0.25) is 4.79 Å². The Morgan fingerprint density at radius 1 is 1.50 bits per heavy atom. The summed E-state index contributed by atoms with van der Waals surface area (Å²) in [5, 5.41) is 15.9. The molecule has 18 heavy (non-hydrogen) atoms. The standard InChI is InChI=1S/C11H13ClN4O2/c12-9-4-2-8(3-5-9)10(11(17)18)14-6-1-7-15-16-13/h2-5,10,14H,1,6-7H2,(H,17,18). The lowest BCUT2D eigenvalue weighted by Gasteiger charge is -2.14. The minimum Gasteiger partial charge on any atom is -0.480 e. The molecule has 96 valence electrons. The van der Waals surface area contributed by atoms with E-state index in [1.807, 2.05) is 0 Å². The summed E-state index contributed by atoms with van der Waals surface area (Å²) in [5.74, 6) is -0.957. The molecule has 0 aromatic heterocycles. The van der Waals surface area contributed by atoms with E-state index in [0.717, 1.165) is 0 Å². The second kappa shape index (κ2) is 7.55. The van der Waals surface area contributed by atoms with E-state index in [0.29, 0.717) is 30.1 Å². The van der Waals surface area contributed by atoms with Gasteiger partial charge in [-0.25, -0.2) is 0 Å². The van der Waals surface area contributed by atoms with E-state index in [1.165, 1.54) is 0 Å². The first kappa shape index (κ1) is 14.3. The molecule has 0 radical (unpaired) electrons. The number of halogens is 1. The molecule has 2 N–H and O–H groups in total. The first-order valence-corrected chi connectivity index (χ1v) is 5.75. The lowest BCUT2D eigenvalue weighted by Crippen LogP contribution is -2.29. The van der Waals surface area contributed by atoms with Crippen LogP contribution in [0.3, 0.4) is 0 Å². The third-order valence-electron chi connectivity index (χ3n) is 2.30. The van der Waals surface area contributed by atoms with Crippen LogP contribution < -0.4 is 5.32 Å². The molecule has 1 aromatic rings. The molecule has 0 amide bonds. The van der Waals surface area contributed by atoms with Crippen molar-refractivity contribution in [3.05, 3.63) is 45.3 Å². The summed E-state index contributed by atoms with van der Waals surface area (Å²) < 4.78 is 0. The first-order chi connectivity index (χ1) is 8.65. The SMILES string of the molecule is [N-]=[N+]=NCCCNC(C(=O)O)c1ccc(Cl)cc1. The number of carbonyl (C=O) groups is 1. The van der Waals surface area contributed by atoms with Gasteiger partial charge in [0.15, 0.2) is 0 Å². The van der Waals surface area contributed by atoms with Crippen molar-refractivity contribution in [3.8, 4) is 0 Å². The highest BCUT2D eigenvalue weighted by Gasteiger charge is 2.18. The van der Waals surface area contributed by atoms with Gasteiger partial charge in [-0.1, -0.05) is 28.8 Å². The Morgan fingerprint density at radius 2 is 2.17 bits per heavy atom. The Labute approximate surface area is 109 Å². The summed E-state index contributed by atoms with van der Waals surface area (Å²) in [7, 11) is 0. The van der Waals surface area contributed by atoms with E-state index in [4.69, 9.17) is 22.2 Å². The third kappa shape index (κ3) is 4.63. The van der Waals surface area contributed by atoms with E-state index >= 15 is 0 Å². The quantitative estimate of drug-likeness (QED) is 0.344. The average molecular weight is 269 g/mol. The predicted molar refractivity (Wildman–Crippen MR) is 68.5 cm³/mol. The van der Waals surface area contributed by atoms with Gasteiger partial charge in [-0.15, -0.1) is 0 Å². The van der Waals surface area contributed by atoms with Crippen LogP contribution in [0.5, 0.6) is 0 Å². The Hall–Kier alpha value is -1.75. The van der Waals surface area contributed by atoms with Gasteiger partial charge in [0.1, 0.15) is 6.04 Å². The molecule has 1 aromatic carbocycles. The molecule has 0 spiro atoms. The van der Waals surface area contributed by atoms with Crippen LogP contribution in [0.1, 0.15) is 18.0 Å². The van der Waals surface area contributed by atoms with Crippen LogP contribution in [-0.2, 0) is 4.79 Å². The van der Waals surface area contributed by atoms with Crippen LogP contribution in [0, 0.1) is 0 Å². The zero-order valence-corrected chi connectivity index (χ0v) is 10.3. The zero-order chi connectivity index (χ0) is 13.4. The Morgan fingerprint density at radius 3 is 2.72 bits per heavy atom. The highest BCUT2D eigenvalue weighted by Crippen LogP contribution is 2.16. The summed E-state index contributed by atoms with van der Waals surface area (Å²) in [6.07, 6.45) is 0.585. The molecule has 0 fully saturated rings.